The Morgan fingerprint density at radius 3 is 2.26 bits per heavy atom. The Kier molecular flexibility index (Phi) is 11.3. The molecule has 0 unspecified atom stereocenters. The Morgan fingerprint density at radius 2 is 1.62 bits per heavy atom. The van der Waals surface area contributed by atoms with Gasteiger partial charge < -0.3 is 29.0 Å². The zero-order valence-electron chi connectivity index (χ0n) is 27.5. The molecule has 1 amide bonds. The largest absolute Gasteiger partial charge is 0.463 e. The SMILES string of the molecule is CC(=O)N[C@@H]1[C@@H](OC(C)=O)[C@H](OC(C)=O)[C@@H](COC(C)=O)O[C@H]1n1cc(C(=O)OCCc2ccc(C(C)C)cc3c(C)ccc2-3)nn1. The van der Waals surface area contributed by atoms with Crippen LogP contribution in [0.25, 0.3) is 11.1 Å². The van der Waals surface area contributed by atoms with E-state index in [1.807, 2.05) is 0 Å². The Bertz CT molecular complexity index is 1600. The number of nitrogens with one attached hydrogen (secondary N) is 1. The molecule has 14 heteroatoms. The van der Waals surface area contributed by atoms with Crippen molar-refractivity contribution in [1.29, 1.82) is 0 Å². The first-order valence-corrected chi connectivity index (χ1v) is 15.3. The number of carbonyl (C=O) groups is 5. The molecule has 0 spiro atoms. The molecular weight excluding hydrogens is 612 g/mol. The van der Waals surface area contributed by atoms with Crippen LogP contribution in [0.3, 0.4) is 0 Å². The first-order valence-electron chi connectivity index (χ1n) is 15.3. The lowest BCUT2D eigenvalue weighted by atomic mass is 9.95. The van der Waals surface area contributed by atoms with Gasteiger partial charge in [-0.05, 0) is 40.7 Å². The highest BCUT2D eigenvalue weighted by Crippen LogP contribution is 2.34. The van der Waals surface area contributed by atoms with Crippen molar-refractivity contribution in [2.24, 2.45) is 0 Å². The fourth-order valence-corrected chi connectivity index (χ4v) is 5.51. The highest BCUT2D eigenvalue weighted by molar-refractivity contribution is 5.86. The standard InChI is InChI=1S/C33H40N4O10/c1-17(2)24-10-9-23(25-11-8-18(3)26(25)14-24)12-13-43-33(42)27-15-37(36-35-27)32-29(34-19(4)38)31(46-22(7)41)30(45-21(6)40)28(47-32)16-44-20(5)39/h8-11,14-15,17,28-32H,12-13,16H2,1-7H3,(H,34,38)/t28-,29-,30-,31-,32-/m1/s1. The van der Waals surface area contributed by atoms with E-state index in [0.717, 1.165) is 35.2 Å². The van der Waals surface area contributed by atoms with Crippen LogP contribution >= 0.6 is 0 Å². The third-order valence-electron chi connectivity index (χ3n) is 7.69. The van der Waals surface area contributed by atoms with Gasteiger partial charge in [-0.2, -0.15) is 0 Å². The number of nitrogens with zero attached hydrogens (tertiary/aromatic N) is 3. The van der Waals surface area contributed by atoms with Crippen LogP contribution in [-0.4, -0.2) is 82.3 Å². The number of fused-ring (bicyclic) bond motifs is 1. The maximum atomic E-state index is 13.1. The molecule has 252 valence electrons. The van der Waals surface area contributed by atoms with Gasteiger partial charge in [0, 0.05) is 34.1 Å². The number of amides is 1. The Balaban J connectivity index is 1.55. The van der Waals surface area contributed by atoms with E-state index in [0.29, 0.717) is 12.3 Å². The summed E-state index contributed by atoms with van der Waals surface area (Å²) >= 11 is 0. The average Bonchev–Trinajstić information content (AvgIpc) is 3.56. The van der Waals surface area contributed by atoms with Gasteiger partial charge in [-0.25, -0.2) is 9.48 Å². The summed E-state index contributed by atoms with van der Waals surface area (Å²) in [4.78, 5) is 61.0. The fraction of sp³-hybridized carbons (Fsp3) is 0.485. The summed E-state index contributed by atoms with van der Waals surface area (Å²) in [5.41, 5.74) is 5.50. The van der Waals surface area contributed by atoms with Gasteiger partial charge in [0.2, 0.25) is 5.91 Å². The van der Waals surface area contributed by atoms with Crippen LogP contribution < -0.4 is 5.32 Å². The zero-order valence-corrected chi connectivity index (χ0v) is 27.5. The van der Waals surface area contributed by atoms with Crippen LogP contribution in [-0.2, 0) is 49.3 Å². The summed E-state index contributed by atoms with van der Waals surface area (Å²) in [5.74, 6) is -3.02. The van der Waals surface area contributed by atoms with Crippen molar-refractivity contribution >= 4 is 29.8 Å². The van der Waals surface area contributed by atoms with Crippen molar-refractivity contribution < 1.29 is 47.7 Å². The van der Waals surface area contributed by atoms with Crippen LogP contribution in [0.5, 0.6) is 0 Å². The molecule has 47 heavy (non-hydrogen) atoms. The number of aromatic nitrogens is 3. The van der Waals surface area contributed by atoms with Gasteiger partial charge in [0.25, 0.3) is 0 Å². The first kappa shape index (κ1) is 35.0. The highest BCUT2D eigenvalue weighted by Gasteiger charge is 2.52. The van der Waals surface area contributed by atoms with Crippen LogP contribution in [0, 0.1) is 6.92 Å². The lowest BCUT2D eigenvalue weighted by molar-refractivity contribution is -0.239. The molecule has 2 aliphatic carbocycles. The smallest absolute Gasteiger partial charge is 0.360 e. The van der Waals surface area contributed by atoms with Gasteiger partial charge >= 0.3 is 23.9 Å². The molecule has 0 aromatic carbocycles. The predicted octanol–water partition coefficient (Wildman–Crippen LogP) is 3.04. The van der Waals surface area contributed by atoms with Gasteiger partial charge in [0.1, 0.15) is 18.8 Å². The lowest BCUT2D eigenvalue weighted by Crippen LogP contribution is -2.64. The third-order valence-corrected chi connectivity index (χ3v) is 7.69. The summed E-state index contributed by atoms with van der Waals surface area (Å²) in [6, 6.07) is 9.32. The normalized spacial score (nSPS) is 20.8. The Hall–Kier alpha value is -4.85. The molecule has 1 aliphatic heterocycles. The Labute approximate surface area is 272 Å². The van der Waals surface area contributed by atoms with E-state index in [4.69, 9.17) is 23.7 Å². The number of ether oxygens (including phenoxy) is 5. The molecule has 2 heterocycles. The van der Waals surface area contributed by atoms with E-state index in [1.54, 1.807) is 0 Å². The molecule has 4 rings (SSSR count). The van der Waals surface area contributed by atoms with Gasteiger partial charge in [0.15, 0.2) is 24.1 Å². The minimum absolute atomic E-state index is 0.0730. The van der Waals surface area contributed by atoms with Crippen LogP contribution in [0.1, 0.15) is 80.9 Å². The molecular formula is C33H40N4O10. The van der Waals surface area contributed by atoms with Crippen molar-refractivity contribution in [3.8, 4) is 11.1 Å². The molecule has 5 atom stereocenters. The highest BCUT2D eigenvalue weighted by atomic mass is 16.6. The van der Waals surface area contributed by atoms with Crippen LogP contribution in [0.15, 0.2) is 36.5 Å². The summed E-state index contributed by atoms with van der Waals surface area (Å²) in [5, 5.41) is 10.6. The van der Waals surface area contributed by atoms with E-state index in [9.17, 15) is 24.0 Å². The number of hydrogen-bond donors (Lipinski definition) is 1. The second kappa shape index (κ2) is 15.2. The van der Waals surface area contributed by atoms with Crippen molar-refractivity contribution in [3.63, 3.8) is 0 Å². The van der Waals surface area contributed by atoms with E-state index in [1.165, 1.54) is 31.2 Å². The summed E-state index contributed by atoms with van der Waals surface area (Å²) in [6.45, 7) is 10.7. The number of aryl methyl sites for hydroxylation is 1. The monoisotopic (exact) mass is 652 g/mol. The number of rotatable bonds is 11. The quantitative estimate of drug-likeness (QED) is 0.237. The number of esters is 4. The maximum Gasteiger partial charge on any atom is 0.360 e. The average molecular weight is 653 g/mol. The maximum absolute atomic E-state index is 13.1. The molecule has 0 bridgehead atoms. The van der Waals surface area contributed by atoms with Crippen molar-refractivity contribution in [2.75, 3.05) is 13.2 Å². The second-order valence-corrected chi connectivity index (χ2v) is 11.7. The van der Waals surface area contributed by atoms with Gasteiger partial charge in [-0.1, -0.05) is 49.4 Å². The van der Waals surface area contributed by atoms with Gasteiger partial charge in [0.05, 0.1) is 12.8 Å². The molecule has 3 aliphatic rings. The number of carbonyl (C=O) groups excluding carboxylic acids is 5. The molecule has 1 saturated heterocycles. The van der Waals surface area contributed by atoms with Crippen LogP contribution in [0.2, 0.25) is 0 Å². The molecule has 1 N–H and O–H groups in total. The summed E-state index contributed by atoms with van der Waals surface area (Å²) < 4.78 is 28.9. The minimum Gasteiger partial charge on any atom is -0.463 e. The summed E-state index contributed by atoms with van der Waals surface area (Å²) in [7, 11) is 0. The molecule has 0 saturated carbocycles. The molecule has 14 nitrogen and oxygen atoms in total. The van der Waals surface area contributed by atoms with Gasteiger partial charge in [-0.3, -0.25) is 19.2 Å². The number of hydrogen-bond acceptors (Lipinski definition) is 12. The van der Waals surface area contributed by atoms with Crippen molar-refractivity contribution in [1.82, 2.24) is 20.3 Å². The molecule has 1 fully saturated rings. The van der Waals surface area contributed by atoms with Crippen molar-refractivity contribution in [3.05, 3.63) is 58.9 Å². The topological polar surface area (TPSA) is 174 Å². The fourth-order valence-electron chi connectivity index (χ4n) is 5.51. The van der Waals surface area contributed by atoms with Crippen molar-refractivity contribution in [2.45, 2.75) is 91.4 Å². The second-order valence-electron chi connectivity index (χ2n) is 11.7. The summed E-state index contributed by atoms with van der Waals surface area (Å²) in [6.07, 6.45) is -3.23. The molecule has 1 aromatic rings. The minimum atomic E-state index is -1.29. The predicted molar refractivity (Wildman–Crippen MR) is 165 cm³/mol. The molecule has 0 radical (unpaired) electrons. The van der Waals surface area contributed by atoms with E-state index >= 15 is 0 Å². The van der Waals surface area contributed by atoms with Gasteiger partial charge in [-0.15, -0.1) is 5.10 Å². The Morgan fingerprint density at radius 1 is 0.915 bits per heavy atom. The zero-order chi connectivity index (χ0) is 34.4. The van der Waals surface area contributed by atoms with Crippen LogP contribution in [0.4, 0.5) is 0 Å². The van der Waals surface area contributed by atoms with E-state index in [-0.39, 0.29) is 18.9 Å². The van der Waals surface area contributed by atoms with E-state index < -0.39 is 60.4 Å². The lowest BCUT2D eigenvalue weighted by Gasteiger charge is -2.44. The van der Waals surface area contributed by atoms with E-state index in [2.05, 4.69) is 66.7 Å². The molecule has 1 aromatic heterocycles. The first-order chi connectivity index (χ1) is 22.2. The third kappa shape index (κ3) is 8.70.